The number of nitrogens with zero attached hydrogens (tertiary/aromatic N) is 6. The topological polar surface area (TPSA) is 196 Å². The van der Waals surface area contributed by atoms with Crippen LogP contribution in [0.2, 0.25) is 0 Å². The van der Waals surface area contributed by atoms with Crippen LogP contribution in [0.4, 0.5) is 5.69 Å². The van der Waals surface area contributed by atoms with E-state index in [0.717, 1.165) is 34.5 Å². The molecular weight excluding hydrogens is 556 g/mol. The third kappa shape index (κ3) is 6.35. The first kappa shape index (κ1) is 28.9. The fourth-order valence-corrected chi connectivity index (χ4v) is 5.28. The van der Waals surface area contributed by atoms with Crippen LogP contribution in [0, 0.1) is 19.3 Å². The van der Waals surface area contributed by atoms with Gasteiger partial charge in [0, 0.05) is 17.7 Å². The van der Waals surface area contributed by atoms with Gasteiger partial charge in [-0.3, -0.25) is 14.4 Å². The van der Waals surface area contributed by atoms with Crippen molar-refractivity contribution in [2.45, 2.75) is 51.2 Å². The number of aliphatic carboxylic acids is 2. The maximum absolute atomic E-state index is 12.9. The van der Waals surface area contributed by atoms with Crippen molar-refractivity contribution in [2.75, 3.05) is 11.4 Å². The van der Waals surface area contributed by atoms with Gasteiger partial charge in [0.1, 0.15) is 11.9 Å². The van der Waals surface area contributed by atoms with Crippen LogP contribution in [-0.4, -0.2) is 70.8 Å². The zero-order valence-electron chi connectivity index (χ0n) is 23.1. The first-order valence-corrected chi connectivity index (χ1v) is 13.5. The van der Waals surface area contributed by atoms with Crippen molar-refractivity contribution in [3.63, 3.8) is 0 Å². The number of benzene rings is 2. The van der Waals surface area contributed by atoms with Crippen LogP contribution in [0.3, 0.4) is 0 Å². The summed E-state index contributed by atoms with van der Waals surface area (Å²) in [5.41, 5.74) is 3.59. The Bertz CT molecular complexity index is 1810. The highest BCUT2D eigenvalue weighted by Crippen LogP contribution is 2.39. The molecule has 4 aromatic rings. The van der Waals surface area contributed by atoms with Gasteiger partial charge >= 0.3 is 11.9 Å². The van der Waals surface area contributed by atoms with Gasteiger partial charge in [0.15, 0.2) is 12.4 Å². The van der Waals surface area contributed by atoms with Crippen LogP contribution in [0.25, 0.3) is 10.9 Å². The van der Waals surface area contributed by atoms with Crippen LogP contribution in [0.5, 0.6) is 0 Å². The molecule has 5 rings (SSSR count). The number of aromatic nitrogens is 6. The van der Waals surface area contributed by atoms with Gasteiger partial charge in [-0.15, -0.1) is 16.6 Å². The number of nitrogens with one attached hydrogen (secondary N) is 2. The van der Waals surface area contributed by atoms with E-state index in [4.69, 9.17) is 11.5 Å². The van der Waals surface area contributed by atoms with Crippen LogP contribution in [0.1, 0.15) is 52.0 Å². The third-order valence-corrected chi connectivity index (χ3v) is 7.26. The zero-order valence-corrected chi connectivity index (χ0v) is 23.1. The molecule has 4 N–H and O–H groups in total. The Morgan fingerprint density at radius 3 is 2.70 bits per heavy atom. The molecule has 0 spiro atoms. The molecule has 0 fully saturated rings. The van der Waals surface area contributed by atoms with E-state index in [9.17, 15) is 24.3 Å². The summed E-state index contributed by atoms with van der Waals surface area (Å²) in [5, 5.41) is 32.7. The molecule has 2 atom stereocenters. The number of tetrazole rings is 1. The van der Waals surface area contributed by atoms with Gasteiger partial charge in [0.2, 0.25) is 0 Å². The second-order valence-corrected chi connectivity index (χ2v) is 10.2. The van der Waals surface area contributed by atoms with Crippen molar-refractivity contribution in [3.8, 4) is 12.3 Å². The second kappa shape index (κ2) is 12.1. The largest absolute Gasteiger partial charge is 0.480 e. The average Bonchev–Trinajstić information content (AvgIpc) is 3.58. The molecule has 1 aliphatic carbocycles. The highest BCUT2D eigenvalue weighted by molar-refractivity contribution is 5.97. The second-order valence-electron chi connectivity index (χ2n) is 10.2. The first-order chi connectivity index (χ1) is 20.6. The standard InChI is InChI=1S/C29H28N8O6/c1-3-12-36(24-10-6-18-13-23-21(14-20(18)24)28(41)31-16(2)30-23)19-7-4-17(5-8-19)27(40)32-22(29(42)43)9-11-25-33-35-37(34-25)15-26(38)39/h1,4-5,7-8,13-14,22,24H,6,9-12,15H2,2H3,(H,32,40)(H,38,39)(H,42,43)(H,30,31,41)/t22-,24+/m0/s1. The SMILES string of the molecule is C#CCN(c1ccc(C(=O)N[C@@H](CCc2nnn(CC(=O)O)n2)C(=O)O)cc1)[C@@H]1CCc2cc3nc(C)[nH]c(=O)c3cc21. The Hall–Kier alpha value is -5.58. The van der Waals surface area contributed by atoms with E-state index >= 15 is 0 Å². The lowest BCUT2D eigenvalue weighted by Gasteiger charge is -2.30. The van der Waals surface area contributed by atoms with E-state index in [1.165, 1.54) is 0 Å². The minimum absolute atomic E-state index is 0.0262. The molecule has 0 bridgehead atoms. The molecule has 0 radical (unpaired) electrons. The number of anilines is 1. The van der Waals surface area contributed by atoms with Crippen molar-refractivity contribution in [2.24, 2.45) is 0 Å². The quantitative estimate of drug-likeness (QED) is 0.185. The summed E-state index contributed by atoms with van der Waals surface area (Å²) in [4.78, 5) is 58.3. The summed E-state index contributed by atoms with van der Waals surface area (Å²) in [5.74, 6) is 0.463. The summed E-state index contributed by atoms with van der Waals surface area (Å²) in [6.45, 7) is 1.57. The molecule has 2 aromatic carbocycles. The highest BCUT2D eigenvalue weighted by atomic mass is 16.4. The van der Waals surface area contributed by atoms with Gasteiger partial charge in [-0.2, -0.15) is 4.80 Å². The number of hydrogen-bond acceptors (Lipinski definition) is 9. The molecule has 220 valence electrons. The summed E-state index contributed by atoms with van der Waals surface area (Å²) in [7, 11) is 0. The van der Waals surface area contributed by atoms with E-state index in [1.807, 2.05) is 17.0 Å². The normalized spacial score (nSPS) is 14.6. The number of aromatic amines is 1. The fraction of sp³-hybridized carbons (Fsp3) is 0.310. The number of hydrogen-bond donors (Lipinski definition) is 4. The van der Waals surface area contributed by atoms with Crippen LogP contribution in [-0.2, 0) is 29.0 Å². The molecule has 0 aliphatic heterocycles. The number of carboxylic acid groups (broad SMARTS) is 2. The molecule has 1 aliphatic rings. The summed E-state index contributed by atoms with van der Waals surface area (Å²) < 4.78 is 0. The van der Waals surface area contributed by atoms with E-state index in [2.05, 4.69) is 36.6 Å². The van der Waals surface area contributed by atoms with Gasteiger partial charge in [-0.25, -0.2) is 9.78 Å². The molecule has 1 amide bonds. The predicted octanol–water partition coefficient (Wildman–Crippen LogP) is 1.25. The fourth-order valence-electron chi connectivity index (χ4n) is 5.28. The lowest BCUT2D eigenvalue weighted by Crippen LogP contribution is -2.41. The van der Waals surface area contributed by atoms with Crippen molar-refractivity contribution < 1.29 is 24.6 Å². The zero-order chi connectivity index (χ0) is 30.7. The van der Waals surface area contributed by atoms with Crippen molar-refractivity contribution >= 4 is 34.4 Å². The Labute approximate surface area is 244 Å². The molecule has 0 saturated carbocycles. The van der Waals surface area contributed by atoms with E-state index < -0.39 is 30.4 Å². The lowest BCUT2D eigenvalue weighted by molar-refractivity contribution is -0.139. The molecule has 14 heteroatoms. The monoisotopic (exact) mass is 584 g/mol. The van der Waals surface area contributed by atoms with E-state index in [0.29, 0.717) is 23.3 Å². The average molecular weight is 585 g/mol. The molecule has 0 unspecified atom stereocenters. The number of carboxylic acids is 2. The van der Waals surface area contributed by atoms with E-state index in [-0.39, 0.29) is 35.8 Å². The molecule has 14 nitrogen and oxygen atoms in total. The van der Waals surface area contributed by atoms with Gasteiger partial charge < -0.3 is 25.4 Å². The number of aryl methyl sites for hydroxylation is 3. The minimum atomic E-state index is -1.24. The number of rotatable bonds is 11. The molecule has 43 heavy (non-hydrogen) atoms. The van der Waals surface area contributed by atoms with Crippen LogP contribution in [0.15, 0.2) is 41.2 Å². The number of amides is 1. The van der Waals surface area contributed by atoms with Crippen LogP contribution < -0.4 is 15.8 Å². The van der Waals surface area contributed by atoms with Crippen molar-refractivity contribution in [3.05, 3.63) is 75.1 Å². The van der Waals surface area contributed by atoms with Gasteiger partial charge in [0.25, 0.3) is 11.5 Å². The Morgan fingerprint density at radius 2 is 2.00 bits per heavy atom. The minimum Gasteiger partial charge on any atom is -0.480 e. The predicted molar refractivity (Wildman–Crippen MR) is 153 cm³/mol. The molecule has 0 saturated heterocycles. The number of fused-ring (bicyclic) bond motifs is 2. The lowest BCUT2D eigenvalue weighted by atomic mass is 10.0. The van der Waals surface area contributed by atoms with Gasteiger partial charge in [-0.1, -0.05) is 5.92 Å². The third-order valence-electron chi connectivity index (χ3n) is 7.26. The highest BCUT2D eigenvalue weighted by Gasteiger charge is 2.29. The summed E-state index contributed by atoms with van der Waals surface area (Å²) in [6, 6.07) is 9.22. The maximum atomic E-state index is 12.9. The summed E-state index contributed by atoms with van der Waals surface area (Å²) >= 11 is 0. The molecule has 2 heterocycles. The maximum Gasteiger partial charge on any atom is 0.327 e. The molecule has 2 aromatic heterocycles. The Morgan fingerprint density at radius 1 is 1.23 bits per heavy atom. The van der Waals surface area contributed by atoms with Crippen molar-refractivity contribution in [1.82, 2.24) is 35.5 Å². The van der Waals surface area contributed by atoms with Gasteiger partial charge in [0.05, 0.1) is 23.5 Å². The van der Waals surface area contributed by atoms with Crippen LogP contribution >= 0.6 is 0 Å². The summed E-state index contributed by atoms with van der Waals surface area (Å²) in [6.07, 6.45) is 7.35. The number of H-pyrrole nitrogens is 1. The Balaban J connectivity index is 1.29. The Kier molecular flexibility index (Phi) is 8.15. The number of terminal acetylenes is 1. The number of carbonyl (C=O) groups is 3. The van der Waals surface area contributed by atoms with E-state index in [1.54, 1.807) is 31.2 Å². The smallest absolute Gasteiger partial charge is 0.327 e. The number of carbonyl (C=O) groups excluding carboxylic acids is 1. The van der Waals surface area contributed by atoms with Crippen molar-refractivity contribution in [1.29, 1.82) is 0 Å². The molecular formula is C29H28N8O6. The first-order valence-electron chi connectivity index (χ1n) is 13.5. The van der Waals surface area contributed by atoms with Gasteiger partial charge in [-0.05, 0) is 78.9 Å².